The zero-order valence-corrected chi connectivity index (χ0v) is 13.9. The Morgan fingerprint density at radius 2 is 1.62 bits per heavy atom. The minimum absolute atomic E-state index is 0.189. The fraction of sp³-hybridized carbons (Fsp3) is 0.211. The van der Waals surface area contributed by atoms with Gasteiger partial charge in [-0.2, -0.15) is 0 Å². The van der Waals surface area contributed by atoms with Crippen LogP contribution in [0.2, 0.25) is 19.6 Å². The molecule has 0 N–H and O–H groups in total. The first-order valence-electron chi connectivity index (χ1n) is 7.22. The van der Waals surface area contributed by atoms with Gasteiger partial charge in [0.05, 0.1) is 8.07 Å². The summed E-state index contributed by atoms with van der Waals surface area (Å²) < 4.78 is 12.9. The molecule has 0 heterocycles. The van der Waals surface area contributed by atoms with Crippen LogP contribution in [-0.4, -0.2) is 8.07 Å². The molecule has 0 saturated carbocycles. The smallest absolute Gasteiger partial charge is 0.123 e. The van der Waals surface area contributed by atoms with E-state index >= 15 is 0 Å². The first-order chi connectivity index (χ1) is 9.97. The molecule has 2 rings (SSSR count). The van der Waals surface area contributed by atoms with E-state index in [1.54, 1.807) is 0 Å². The lowest BCUT2D eigenvalue weighted by molar-refractivity contribution is 0.627. The number of allylic oxidation sites excluding steroid dienone is 1. The first-order valence-corrected chi connectivity index (χ1v) is 10.7. The summed E-state index contributed by atoms with van der Waals surface area (Å²) in [6, 6.07) is 17.1. The van der Waals surface area contributed by atoms with Crippen LogP contribution in [0.15, 0.2) is 66.4 Å². The van der Waals surface area contributed by atoms with Gasteiger partial charge in [-0.25, -0.2) is 4.39 Å². The molecule has 0 saturated heterocycles. The van der Waals surface area contributed by atoms with Gasteiger partial charge in [0, 0.05) is 0 Å². The molecule has 0 aromatic heterocycles. The second kappa shape index (κ2) is 6.71. The van der Waals surface area contributed by atoms with Gasteiger partial charge in [0.15, 0.2) is 0 Å². The number of rotatable bonds is 4. The number of benzene rings is 2. The topological polar surface area (TPSA) is 0 Å². The maximum absolute atomic E-state index is 12.9. The Labute approximate surface area is 127 Å². The zero-order valence-electron chi connectivity index (χ0n) is 12.9. The van der Waals surface area contributed by atoms with E-state index in [1.165, 1.54) is 22.9 Å². The standard InChI is InChI=1S/C19H21FSi/c1-21(2,3)19(17-9-5-4-6-10-17)11-7-8-16-12-14-18(20)15-13-16/h4-7,9-10,12-15H,8H2,1-3H3. The van der Waals surface area contributed by atoms with Gasteiger partial charge >= 0.3 is 0 Å². The minimum atomic E-state index is -1.46. The van der Waals surface area contributed by atoms with E-state index in [2.05, 4.69) is 55.7 Å². The molecule has 0 radical (unpaired) electrons. The van der Waals surface area contributed by atoms with E-state index in [4.69, 9.17) is 0 Å². The molecule has 0 bridgehead atoms. The Hall–Kier alpha value is -1.89. The summed E-state index contributed by atoms with van der Waals surface area (Å²) >= 11 is 0. The highest BCUT2D eigenvalue weighted by Crippen LogP contribution is 2.24. The highest BCUT2D eigenvalue weighted by atomic mass is 28.3. The van der Waals surface area contributed by atoms with Crippen molar-refractivity contribution in [1.82, 2.24) is 0 Å². The van der Waals surface area contributed by atoms with Gasteiger partial charge in [0.1, 0.15) is 5.82 Å². The molecule has 0 atom stereocenters. The number of halogens is 1. The van der Waals surface area contributed by atoms with Crippen molar-refractivity contribution < 1.29 is 4.39 Å². The lowest BCUT2D eigenvalue weighted by atomic mass is 10.1. The largest absolute Gasteiger partial charge is 0.207 e. The first kappa shape index (κ1) is 15.5. The Morgan fingerprint density at radius 3 is 2.19 bits per heavy atom. The molecule has 0 aliphatic carbocycles. The summed E-state index contributed by atoms with van der Waals surface area (Å²) in [4.78, 5) is 0. The summed E-state index contributed by atoms with van der Waals surface area (Å²) in [5, 5.41) is 1.32. The highest BCUT2D eigenvalue weighted by molar-refractivity contribution is 6.93. The average Bonchev–Trinajstić information content (AvgIpc) is 2.45. The van der Waals surface area contributed by atoms with Crippen molar-refractivity contribution in [2.24, 2.45) is 0 Å². The maximum atomic E-state index is 12.9. The van der Waals surface area contributed by atoms with Crippen molar-refractivity contribution in [3.8, 4) is 0 Å². The van der Waals surface area contributed by atoms with Crippen LogP contribution in [0.25, 0.3) is 5.20 Å². The summed E-state index contributed by atoms with van der Waals surface area (Å²) in [6.45, 7) is 6.98. The van der Waals surface area contributed by atoms with Crippen LogP contribution in [0.4, 0.5) is 4.39 Å². The number of hydrogen-bond donors (Lipinski definition) is 0. The molecule has 0 amide bonds. The third kappa shape index (κ3) is 4.56. The van der Waals surface area contributed by atoms with E-state index in [-0.39, 0.29) is 5.82 Å². The van der Waals surface area contributed by atoms with Crippen molar-refractivity contribution in [2.75, 3.05) is 0 Å². The van der Waals surface area contributed by atoms with Crippen LogP contribution in [0, 0.1) is 5.82 Å². The van der Waals surface area contributed by atoms with Gasteiger partial charge in [-0.05, 0) is 41.0 Å². The molecule has 0 aliphatic rings. The van der Waals surface area contributed by atoms with Crippen LogP contribution in [0.3, 0.4) is 0 Å². The molecule has 2 heteroatoms. The van der Waals surface area contributed by atoms with Crippen LogP contribution in [0.1, 0.15) is 11.1 Å². The molecular formula is C19H21FSi. The molecule has 0 nitrogen and oxygen atoms in total. The normalized spacial score (nSPS) is 10.9. The lowest BCUT2D eigenvalue weighted by Gasteiger charge is -2.19. The van der Waals surface area contributed by atoms with Gasteiger partial charge in [-0.15, -0.1) is 5.73 Å². The third-order valence-corrected chi connectivity index (χ3v) is 5.24. The van der Waals surface area contributed by atoms with Crippen molar-refractivity contribution in [3.05, 3.63) is 83.3 Å². The molecule has 2 aromatic rings. The van der Waals surface area contributed by atoms with Crippen molar-refractivity contribution in [1.29, 1.82) is 0 Å². The third-order valence-electron chi connectivity index (χ3n) is 3.31. The number of hydrogen-bond acceptors (Lipinski definition) is 0. The fourth-order valence-electron chi connectivity index (χ4n) is 2.23. The Morgan fingerprint density at radius 1 is 1.00 bits per heavy atom. The van der Waals surface area contributed by atoms with E-state index < -0.39 is 8.07 Å². The van der Waals surface area contributed by atoms with Crippen molar-refractivity contribution in [2.45, 2.75) is 26.1 Å². The Kier molecular flexibility index (Phi) is 4.95. The SMILES string of the molecule is C[Si](C)(C)C(=C=CCc1ccc(F)cc1)c1ccccc1. The monoisotopic (exact) mass is 296 g/mol. The Balaban J connectivity index is 2.28. The minimum Gasteiger partial charge on any atom is -0.207 e. The average molecular weight is 296 g/mol. The molecule has 108 valence electrons. The predicted octanol–water partition coefficient (Wildman–Crippen LogP) is 5.48. The molecule has 2 aromatic carbocycles. The van der Waals surface area contributed by atoms with Crippen LogP contribution >= 0.6 is 0 Å². The summed E-state index contributed by atoms with van der Waals surface area (Å²) in [5.74, 6) is -0.189. The molecule has 0 unspecified atom stereocenters. The van der Waals surface area contributed by atoms with Crippen molar-refractivity contribution in [3.63, 3.8) is 0 Å². The summed E-state index contributed by atoms with van der Waals surface area (Å²) in [6.07, 6.45) is 2.84. The molecular weight excluding hydrogens is 275 g/mol. The highest BCUT2D eigenvalue weighted by Gasteiger charge is 2.20. The van der Waals surface area contributed by atoms with E-state index in [9.17, 15) is 4.39 Å². The zero-order chi connectivity index (χ0) is 15.3. The van der Waals surface area contributed by atoms with Crippen LogP contribution in [-0.2, 0) is 6.42 Å². The maximum Gasteiger partial charge on any atom is 0.123 e. The second-order valence-electron chi connectivity index (χ2n) is 6.17. The fourth-order valence-corrected chi connectivity index (χ4v) is 3.80. The van der Waals surface area contributed by atoms with Crippen molar-refractivity contribution >= 4 is 13.3 Å². The van der Waals surface area contributed by atoms with Gasteiger partial charge in [0.25, 0.3) is 0 Å². The van der Waals surface area contributed by atoms with E-state index in [0.717, 1.165) is 12.0 Å². The molecule has 0 fully saturated rings. The van der Waals surface area contributed by atoms with Gasteiger partial charge in [-0.3, -0.25) is 0 Å². The summed E-state index contributed by atoms with van der Waals surface area (Å²) in [5.41, 5.74) is 5.86. The second-order valence-corrected chi connectivity index (χ2v) is 11.2. The predicted molar refractivity (Wildman–Crippen MR) is 91.4 cm³/mol. The van der Waals surface area contributed by atoms with Crippen LogP contribution < -0.4 is 0 Å². The molecule has 0 spiro atoms. The summed E-state index contributed by atoms with van der Waals surface area (Å²) in [7, 11) is -1.46. The molecule has 0 aliphatic heterocycles. The van der Waals surface area contributed by atoms with Crippen LogP contribution in [0.5, 0.6) is 0 Å². The lowest BCUT2D eigenvalue weighted by Crippen LogP contribution is -2.22. The van der Waals surface area contributed by atoms with Gasteiger partial charge < -0.3 is 0 Å². The van der Waals surface area contributed by atoms with E-state index in [0.29, 0.717) is 0 Å². The quantitative estimate of drug-likeness (QED) is 0.517. The van der Waals surface area contributed by atoms with Gasteiger partial charge in [-0.1, -0.05) is 62.1 Å². The molecule has 21 heavy (non-hydrogen) atoms. The Bertz CT molecular complexity index is 642. The van der Waals surface area contributed by atoms with E-state index in [1.807, 2.05) is 18.2 Å². The van der Waals surface area contributed by atoms with Gasteiger partial charge in [0.2, 0.25) is 0 Å².